The molecule has 0 aromatic heterocycles. The van der Waals surface area contributed by atoms with Gasteiger partial charge in [-0.15, -0.1) is 0 Å². The molecule has 0 amide bonds. The molecule has 1 atom stereocenters. The van der Waals surface area contributed by atoms with Gasteiger partial charge in [0.2, 0.25) is 0 Å². The molecule has 1 fully saturated rings. The number of hydrogen-bond donors (Lipinski definition) is 0. The second kappa shape index (κ2) is 5.15. The van der Waals surface area contributed by atoms with Crippen molar-refractivity contribution in [1.29, 1.82) is 0 Å². The number of ether oxygens (including phenoxy) is 1. The van der Waals surface area contributed by atoms with Gasteiger partial charge in [0.05, 0.1) is 7.11 Å². The fourth-order valence-electron chi connectivity index (χ4n) is 2.41. The van der Waals surface area contributed by atoms with E-state index in [-0.39, 0.29) is 5.92 Å². The van der Waals surface area contributed by atoms with Gasteiger partial charge in [0.25, 0.3) is 0 Å². The molecule has 1 aromatic carbocycles. The number of para-hydroxylation sites is 1. The van der Waals surface area contributed by atoms with E-state index in [2.05, 4.69) is 6.07 Å². The van der Waals surface area contributed by atoms with Gasteiger partial charge in [0, 0.05) is 12.3 Å². The summed E-state index contributed by atoms with van der Waals surface area (Å²) in [4.78, 5) is 11.8. The van der Waals surface area contributed by atoms with E-state index in [1.165, 1.54) is 6.42 Å². The number of carbonyl (C=O) groups is 1. The maximum atomic E-state index is 11.8. The molecule has 0 N–H and O–H groups in total. The minimum Gasteiger partial charge on any atom is -0.496 e. The standard InChI is InChI=1S/C14H18O2/c1-16-14-9-5-3-7-12(14)10-11-6-2-4-8-13(11)15/h3,5,7,9,11H,2,4,6,8,10H2,1H3. The third-order valence-corrected chi connectivity index (χ3v) is 3.34. The van der Waals surface area contributed by atoms with E-state index in [9.17, 15) is 4.79 Å². The summed E-state index contributed by atoms with van der Waals surface area (Å²) < 4.78 is 5.31. The van der Waals surface area contributed by atoms with Crippen molar-refractivity contribution < 1.29 is 9.53 Å². The molecule has 0 spiro atoms. The SMILES string of the molecule is COc1ccccc1CC1CCCCC1=O. The Morgan fingerprint density at radius 2 is 2.12 bits per heavy atom. The minimum atomic E-state index is 0.213. The smallest absolute Gasteiger partial charge is 0.136 e. The fourth-order valence-corrected chi connectivity index (χ4v) is 2.41. The highest BCUT2D eigenvalue weighted by Crippen LogP contribution is 2.27. The Bertz CT molecular complexity index is 371. The third kappa shape index (κ3) is 2.43. The minimum absolute atomic E-state index is 0.213. The lowest BCUT2D eigenvalue weighted by Gasteiger charge is -2.21. The predicted molar refractivity (Wildman–Crippen MR) is 63.7 cm³/mol. The molecule has 0 radical (unpaired) electrons. The van der Waals surface area contributed by atoms with E-state index in [0.29, 0.717) is 5.78 Å². The van der Waals surface area contributed by atoms with Crippen LogP contribution in [0.5, 0.6) is 5.75 Å². The molecule has 2 heteroatoms. The molecule has 1 saturated carbocycles. The van der Waals surface area contributed by atoms with Crippen LogP contribution in [0.1, 0.15) is 31.2 Å². The van der Waals surface area contributed by atoms with Crippen molar-refractivity contribution in [3.63, 3.8) is 0 Å². The number of Topliss-reactive ketones (excluding diaryl/α,β-unsaturated/α-hetero) is 1. The lowest BCUT2D eigenvalue weighted by atomic mass is 9.83. The van der Waals surface area contributed by atoms with Crippen molar-refractivity contribution in [3.05, 3.63) is 29.8 Å². The third-order valence-electron chi connectivity index (χ3n) is 3.34. The summed E-state index contributed by atoms with van der Waals surface area (Å²) in [6, 6.07) is 7.99. The maximum absolute atomic E-state index is 11.8. The number of benzene rings is 1. The van der Waals surface area contributed by atoms with E-state index < -0.39 is 0 Å². The number of rotatable bonds is 3. The van der Waals surface area contributed by atoms with Crippen LogP contribution >= 0.6 is 0 Å². The van der Waals surface area contributed by atoms with Crippen molar-refractivity contribution in [2.24, 2.45) is 5.92 Å². The molecule has 86 valence electrons. The predicted octanol–water partition coefficient (Wildman–Crippen LogP) is 3.00. The quantitative estimate of drug-likeness (QED) is 0.779. The molecule has 1 aliphatic carbocycles. The van der Waals surface area contributed by atoms with Crippen molar-refractivity contribution in [3.8, 4) is 5.75 Å². The average Bonchev–Trinajstić information content (AvgIpc) is 2.33. The Hall–Kier alpha value is -1.31. The molecule has 1 aromatic rings. The van der Waals surface area contributed by atoms with Crippen LogP contribution in [-0.2, 0) is 11.2 Å². The van der Waals surface area contributed by atoms with Crippen LogP contribution in [0.2, 0.25) is 0 Å². The molecule has 2 rings (SSSR count). The Kier molecular flexibility index (Phi) is 3.60. The summed E-state index contributed by atoms with van der Waals surface area (Å²) in [5.74, 6) is 1.54. The van der Waals surface area contributed by atoms with Crippen molar-refractivity contribution >= 4 is 5.78 Å². The Morgan fingerprint density at radius 3 is 2.88 bits per heavy atom. The summed E-state index contributed by atoms with van der Waals surface area (Å²) in [6.45, 7) is 0. The van der Waals surface area contributed by atoms with Gasteiger partial charge >= 0.3 is 0 Å². The second-order valence-electron chi connectivity index (χ2n) is 4.42. The van der Waals surface area contributed by atoms with Gasteiger partial charge < -0.3 is 4.74 Å². The highest BCUT2D eigenvalue weighted by Gasteiger charge is 2.23. The van der Waals surface area contributed by atoms with Gasteiger partial charge in [0.1, 0.15) is 11.5 Å². The summed E-state index contributed by atoms with van der Waals surface area (Å²) >= 11 is 0. The first-order valence-electron chi connectivity index (χ1n) is 5.96. The summed E-state index contributed by atoms with van der Waals surface area (Å²) in [6.07, 6.45) is 4.90. The average molecular weight is 218 g/mol. The van der Waals surface area contributed by atoms with Crippen LogP contribution in [0, 0.1) is 5.92 Å². The van der Waals surface area contributed by atoms with Crippen LogP contribution in [0.15, 0.2) is 24.3 Å². The highest BCUT2D eigenvalue weighted by atomic mass is 16.5. The van der Waals surface area contributed by atoms with E-state index in [0.717, 1.165) is 37.0 Å². The molecule has 16 heavy (non-hydrogen) atoms. The van der Waals surface area contributed by atoms with Gasteiger partial charge in [-0.1, -0.05) is 24.6 Å². The highest BCUT2D eigenvalue weighted by molar-refractivity contribution is 5.82. The van der Waals surface area contributed by atoms with Crippen molar-refractivity contribution in [2.75, 3.05) is 7.11 Å². The maximum Gasteiger partial charge on any atom is 0.136 e. The van der Waals surface area contributed by atoms with E-state index in [4.69, 9.17) is 4.74 Å². The summed E-state index contributed by atoms with van der Waals surface area (Å²) in [7, 11) is 1.68. The first-order chi connectivity index (χ1) is 7.81. The Morgan fingerprint density at radius 1 is 1.31 bits per heavy atom. The lowest BCUT2D eigenvalue weighted by Crippen LogP contribution is -2.21. The normalized spacial score (nSPS) is 20.8. The molecule has 1 aliphatic rings. The zero-order valence-corrected chi connectivity index (χ0v) is 9.74. The first-order valence-corrected chi connectivity index (χ1v) is 5.96. The number of ketones is 1. The van der Waals surface area contributed by atoms with Crippen LogP contribution in [-0.4, -0.2) is 12.9 Å². The van der Waals surface area contributed by atoms with Gasteiger partial charge in [-0.25, -0.2) is 0 Å². The fraction of sp³-hybridized carbons (Fsp3) is 0.500. The molecule has 0 heterocycles. The molecular weight excluding hydrogens is 200 g/mol. The Balaban J connectivity index is 2.10. The zero-order chi connectivity index (χ0) is 11.4. The summed E-state index contributed by atoms with van der Waals surface area (Å²) in [5, 5.41) is 0. The van der Waals surface area contributed by atoms with Crippen molar-refractivity contribution in [1.82, 2.24) is 0 Å². The largest absolute Gasteiger partial charge is 0.496 e. The summed E-state index contributed by atoms with van der Waals surface area (Å²) in [5.41, 5.74) is 1.16. The van der Waals surface area contributed by atoms with Gasteiger partial charge in [-0.3, -0.25) is 4.79 Å². The van der Waals surface area contributed by atoms with E-state index in [1.807, 2.05) is 18.2 Å². The molecule has 0 aliphatic heterocycles. The van der Waals surface area contributed by atoms with Crippen LogP contribution in [0.25, 0.3) is 0 Å². The zero-order valence-electron chi connectivity index (χ0n) is 9.74. The number of hydrogen-bond acceptors (Lipinski definition) is 2. The lowest BCUT2D eigenvalue weighted by molar-refractivity contribution is -0.124. The van der Waals surface area contributed by atoms with Crippen LogP contribution in [0.3, 0.4) is 0 Å². The van der Waals surface area contributed by atoms with E-state index in [1.54, 1.807) is 7.11 Å². The van der Waals surface area contributed by atoms with E-state index >= 15 is 0 Å². The number of methoxy groups -OCH3 is 1. The first kappa shape index (κ1) is 11.2. The van der Waals surface area contributed by atoms with Crippen LogP contribution < -0.4 is 4.74 Å². The Labute approximate surface area is 96.6 Å². The monoisotopic (exact) mass is 218 g/mol. The molecule has 0 saturated heterocycles. The molecule has 2 nitrogen and oxygen atoms in total. The topological polar surface area (TPSA) is 26.3 Å². The van der Waals surface area contributed by atoms with Gasteiger partial charge in [0.15, 0.2) is 0 Å². The molecule has 0 bridgehead atoms. The van der Waals surface area contributed by atoms with Gasteiger partial charge in [-0.05, 0) is 30.9 Å². The molecule has 1 unspecified atom stereocenters. The van der Waals surface area contributed by atoms with Gasteiger partial charge in [-0.2, -0.15) is 0 Å². The van der Waals surface area contributed by atoms with Crippen LogP contribution in [0.4, 0.5) is 0 Å². The van der Waals surface area contributed by atoms with Crippen molar-refractivity contribution in [2.45, 2.75) is 32.1 Å². The second-order valence-corrected chi connectivity index (χ2v) is 4.42. The molecular formula is C14H18O2. The number of carbonyl (C=O) groups excluding carboxylic acids is 1.